The molecule has 6 nitrogen and oxygen atoms in total. The van der Waals surface area contributed by atoms with Gasteiger partial charge in [-0.05, 0) is 31.4 Å². The standard InChI is InChI=1S/C15H18N4O2/c1-11-5-3-6-12(2)15(11)21-10-14-13(9-16)17-18-19(14)7-4-8-20/h3,5-6,20H,4,7-8,10H2,1-2H3. The van der Waals surface area contributed by atoms with Gasteiger partial charge in [-0.1, -0.05) is 23.4 Å². The molecule has 0 saturated carbocycles. The van der Waals surface area contributed by atoms with Gasteiger partial charge >= 0.3 is 0 Å². The maximum atomic E-state index is 9.09. The van der Waals surface area contributed by atoms with E-state index in [4.69, 9.17) is 15.1 Å². The van der Waals surface area contributed by atoms with Crippen molar-refractivity contribution in [3.05, 3.63) is 40.7 Å². The third-order valence-corrected chi connectivity index (χ3v) is 3.23. The molecule has 0 aliphatic heterocycles. The second-order valence-corrected chi connectivity index (χ2v) is 4.81. The van der Waals surface area contributed by atoms with Crippen LogP contribution in [-0.4, -0.2) is 26.7 Å². The highest BCUT2D eigenvalue weighted by Crippen LogP contribution is 2.23. The third kappa shape index (κ3) is 3.38. The molecule has 6 heteroatoms. The summed E-state index contributed by atoms with van der Waals surface area (Å²) in [7, 11) is 0. The van der Waals surface area contributed by atoms with E-state index < -0.39 is 0 Å². The van der Waals surface area contributed by atoms with Crippen LogP contribution in [0.1, 0.15) is 28.9 Å². The van der Waals surface area contributed by atoms with Crippen LogP contribution in [0.4, 0.5) is 0 Å². The van der Waals surface area contributed by atoms with Gasteiger partial charge in [0.05, 0.1) is 0 Å². The molecule has 21 heavy (non-hydrogen) atoms. The van der Waals surface area contributed by atoms with E-state index in [2.05, 4.69) is 10.3 Å². The van der Waals surface area contributed by atoms with E-state index in [1.807, 2.05) is 38.1 Å². The van der Waals surface area contributed by atoms with Crippen molar-refractivity contribution >= 4 is 0 Å². The Balaban J connectivity index is 2.19. The van der Waals surface area contributed by atoms with Crippen molar-refractivity contribution in [2.45, 2.75) is 33.4 Å². The molecule has 110 valence electrons. The Morgan fingerprint density at radius 2 is 2.05 bits per heavy atom. The lowest BCUT2D eigenvalue weighted by Crippen LogP contribution is -2.10. The van der Waals surface area contributed by atoms with E-state index in [1.165, 1.54) is 0 Å². The molecule has 0 saturated heterocycles. The van der Waals surface area contributed by atoms with Gasteiger partial charge in [-0.25, -0.2) is 4.68 Å². The first-order chi connectivity index (χ1) is 10.2. The zero-order valence-electron chi connectivity index (χ0n) is 12.2. The molecule has 0 amide bonds. The fraction of sp³-hybridized carbons (Fsp3) is 0.400. The van der Waals surface area contributed by atoms with Gasteiger partial charge in [0.1, 0.15) is 24.1 Å². The molecule has 0 unspecified atom stereocenters. The lowest BCUT2D eigenvalue weighted by Gasteiger charge is -2.12. The van der Waals surface area contributed by atoms with Crippen LogP contribution in [0.2, 0.25) is 0 Å². The van der Waals surface area contributed by atoms with Crippen LogP contribution in [0, 0.1) is 25.2 Å². The molecular formula is C15H18N4O2. The summed E-state index contributed by atoms with van der Waals surface area (Å²) in [6.45, 7) is 4.77. The molecule has 0 aliphatic rings. The highest BCUT2D eigenvalue weighted by atomic mass is 16.5. The molecule has 2 rings (SSSR count). The van der Waals surface area contributed by atoms with Gasteiger partial charge in [-0.3, -0.25) is 0 Å². The highest BCUT2D eigenvalue weighted by Gasteiger charge is 2.14. The lowest BCUT2D eigenvalue weighted by atomic mass is 10.1. The van der Waals surface area contributed by atoms with E-state index in [1.54, 1.807) is 4.68 Å². The quantitative estimate of drug-likeness (QED) is 0.874. The van der Waals surface area contributed by atoms with Crippen LogP contribution in [0.15, 0.2) is 18.2 Å². The smallest absolute Gasteiger partial charge is 0.189 e. The predicted octanol–water partition coefficient (Wildman–Crippen LogP) is 1.73. The number of benzene rings is 1. The van der Waals surface area contributed by atoms with Gasteiger partial charge in [0.2, 0.25) is 0 Å². The predicted molar refractivity (Wildman–Crippen MR) is 76.7 cm³/mol. The minimum absolute atomic E-state index is 0.0684. The third-order valence-electron chi connectivity index (χ3n) is 3.23. The number of rotatable bonds is 6. The Bertz CT molecular complexity index is 638. The van der Waals surface area contributed by atoms with Crippen LogP contribution in [0.5, 0.6) is 5.75 Å². The minimum atomic E-state index is 0.0684. The van der Waals surface area contributed by atoms with Crippen molar-refractivity contribution in [2.24, 2.45) is 0 Å². The summed E-state index contributed by atoms with van der Waals surface area (Å²) >= 11 is 0. The number of hydrogen-bond acceptors (Lipinski definition) is 5. The zero-order valence-corrected chi connectivity index (χ0v) is 12.2. The largest absolute Gasteiger partial charge is 0.487 e. The van der Waals surface area contributed by atoms with Gasteiger partial charge in [-0.2, -0.15) is 5.26 Å². The van der Waals surface area contributed by atoms with Gasteiger partial charge in [0.15, 0.2) is 5.69 Å². The molecule has 0 fully saturated rings. The first-order valence-corrected chi connectivity index (χ1v) is 6.79. The van der Waals surface area contributed by atoms with Gasteiger partial charge in [-0.15, -0.1) is 5.10 Å². The number of nitriles is 1. The van der Waals surface area contributed by atoms with Gasteiger partial charge in [0, 0.05) is 13.2 Å². The lowest BCUT2D eigenvalue weighted by molar-refractivity contribution is 0.264. The molecule has 0 spiro atoms. The summed E-state index contributed by atoms with van der Waals surface area (Å²) in [4.78, 5) is 0. The van der Waals surface area contributed by atoms with Crippen LogP contribution >= 0.6 is 0 Å². The maximum Gasteiger partial charge on any atom is 0.189 e. The van der Waals surface area contributed by atoms with Crippen LogP contribution in [-0.2, 0) is 13.2 Å². The van der Waals surface area contributed by atoms with Crippen LogP contribution < -0.4 is 4.74 Å². The second-order valence-electron chi connectivity index (χ2n) is 4.81. The number of aromatic nitrogens is 3. The Kier molecular flexibility index (Phi) is 4.90. The summed E-state index contributed by atoms with van der Waals surface area (Å²) in [6, 6.07) is 7.96. The molecule has 1 N–H and O–H groups in total. The molecular weight excluding hydrogens is 268 g/mol. The SMILES string of the molecule is Cc1cccc(C)c1OCc1c(C#N)nnn1CCCO. The summed E-state index contributed by atoms with van der Waals surface area (Å²) in [5, 5.41) is 25.8. The molecule has 1 aromatic carbocycles. The monoisotopic (exact) mass is 286 g/mol. The molecule has 2 aromatic rings. The summed E-state index contributed by atoms with van der Waals surface area (Å²) < 4.78 is 7.47. The molecule has 0 atom stereocenters. The molecule has 1 aromatic heterocycles. The van der Waals surface area contributed by atoms with Crippen LogP contribution in [0.25, 0.3) is 0 Å². The van der Waals surface area contributed by atoms with Crippen molar-refractivity contribution in [2.75, 3.05) is 6.61 Å². The fourth-order valence-corrected chi connectivity index (χ4v) is 2.13. The number of ether oxygens (including phenoxy) is 1. The van der Waals surface area contributed by atoms with Crippen molar-refractivity contribution in [3.63, 3.8) is 0 Å². The number of aryl methyl sites for hydroxylation is 3. The first-order valence-electron chi connectivity index (χ1n) is 6.79. The second kappa shape index (κ2) is 6.86. The van der Waals surface area contributed by atoms with E-state index in [9.17, 15) is 0 Å². The first kappa shape index (κ1) is 15.0. The van der Waals surface area contributed by atoms with E-state index in [0.29, 0.717) is 18.7 Å². The van der Waals surface area contributed by atoms with Gasteiger partial charge in [0.25, 0.3) is 0 Å². The summed E-state index contributed by atoms with van der Waals surface area (Å²) in [5.41, 5.74) is 2.98. The molecule has 0 radical (unpaired) electrons. The fourth-order valence-electron chi connectivity index (χ4n) is 2.13. The minimum Gasteiger partial charge on any atom is -0.487 e. The van der Waals surface area contributed by atoms with Crippen molar-refractivity contribution in [1.29, 1.82) is 5.26 Å². The Morgan fingerprint density at radius 1 is 1.33 bits per heavy atom. The Morgan fingerprint density at radius 3 is 2.67 bits per heavy atom. The van der Waals surface area contributed by atoms with Crippen molar-refractivity contribution in [3.8, 4) is 11.8 Å². The number of aliphatic hydroxyl groups excluding tert-OH is 1. The highest BCUT2D eigenvalue weighted by molar-refractivity contribution is 5.40. The molecule has 0 bridgehead atoms. The number of aliphatic hydroxyl groups is 1. The average Bonchev–Trinajstić information content (AvgIpc) is 2.86. The number of nitrogens with zero attached hydrogens (tertiary/aromatic N) is 4. The molecule has 0 aliphatic carbocycles. The van der Waals surface area contributed by atoms with Crippen molar-refractivity contribution < 1.29 is 9.84 Å². The zero-order chi connectivity index (χ0) is 15.2. The number of hydrogen-bond donors (Lipinski definition) is 1. The normalized spacial score (nSPS) is 10.4. The average molecular weight is 286 g/mol. The van der Waals surface area contributed by atoms with E-state index >= 15 is 0 Å². The topological polar surface area (TPSA) is 84.0 Å². The van der Waals surface area contributed by atoms with Gasteiger partial charge < -0.3 is 9.84 Å². The molecule has 1 heterocycles. The number of para-hydroxylation sites is 1. The van der Waals surface area contributed by atoms with Crippen molar-refractivity contribution in [1.82, 2.24) is 15.0 Å². The summed E-state index contributed by atoms with van der Waals surface area (Å²) in [6.07, 6.45) is 0.560. The van der Waals surface area contributed by atoms with Crippen LogP contribution in [0.3, 0.4) is 0 Å². The summed E-state index contributed by atoms with van der Waals surface area (Å²) in [5.74, 6) is 0.816. The Hall–Kier alpha value is -2.39. The van der Waals surface area contributed by atoms with E-state index in [0.717, 1.165) is 16.9 Å². The maximum absolute atomic E-state index is 9.09. The van der Waals surface area contributed by atoms with E-state index in [-0.39, 0.29) is 18.9 Å². The Labute approximate surface area is 123 Å².